The van der Waals surface area contributed by atoms with Gasteiger partial charge in [-0.3, -0.25) is 4.79 Å². The third-order valence-corrected chi connectivity index (χ3v) is 3.12. The minimum absolute atomic E-state index is 0. The van der Waals surface area contributed by atoms with E-state index in [1.165, 1.54) is 12.3 Å². The maximum absolute atomic E-state index is 11.6. The number of hydrogen-bond acceptors (Lipinski definition) is 5. The molecule has 0 amide bonds. The molecule has 84 valence electrons. The molecule has 2 heterocycles. The zero-order valence-electron chi connectivity index (χ0n) is 8.91. The van der Waals surface area contributed by atoms with Gasteiger partial charge in [0.05, 0.1) is 5.69 Å². The first-order valence-corrected chi connectivity index (χ1v) is 5.71. The van der Waals surface area contributed by atoms with E-state index in [2.05, 4.69) is 14.7 Å². The minimum Gasteiger partial charge on any atom is -0.481 e. The molecule has 0 saturated carbocycles. The summed E-state index contributed by atoms with van der Waals surface area (Å²) < 4.78 is 26.5. The van der Waals surface area contributed by atoms with Crippen LogP contribution in [0.25, 0.3) is 0 Å². The van der Waals surface area contributed by atoms with Gasteiger partial charge in [0, 0.05) is 6.20 Å². The smallest absolute Gasteiger partial charge is 0.481 e. The molecule has 7 nitrogen and oxygen atoms in total. The summed E-state index contributed by atoms with van der Waals surface area (Å²) >= 11 is 0. The van der Waals surface area contributed by atoms with Crippen LogP contribution in [0, 0.1) is 0 Å². The molecule has 0 aromatic carbocycles. The molecule has 2 N–H and O–H groups in total. The second-order valence-corrected chi connectivity index (χ2v) is 4.58. The predicted molar refractivity (Wildman–Crippen MR) is 54.7 cm³/mol. The molecular formula is C8H7N3NaO4S+. The molecule has 0 fully saturated rings. The number of nitrogens with one attached hydrogen (secondary N) is 1. The molecule has 0 saturated heterocycles. The fraction of sp³-hybridized carbons (Fsp3) is 0.125. The first-order valence-electron chi connectivity index (χ1n) is 4.27. The molecular weight excluding hydrogens is 257 g/mol. The largest absolute Gasteiger partial charge is 1.00 e. The van der Waals surface area contributed by atoms with E-state index in [0.717, 1.165) is 0 Å². The summed E-state index contributed by atoms with van der Waals surface area (Å²) in [6, 6.07) is 3.04. The quantitative estimate of drug-likeness (QED) is 0.554. The molecule has 0 spiro atoms. The molecule has 0 atom stereocenters. The van der Waals surface area contributed by atoms with Crippen molar-refractivity contribution in [3.05, 3.63) is 18.3 Å². The van der Waals surface area contributed by atoms with Gasteiger partial charge < -0.3 is 10.4 Å². The van der Waals surface area contributed by atoms with Crippen molar-refractivity contribution in [3.8, 4) is 0 Å². The monoisotopic (exact) mass is 264 g/mol. The zero-order chi connectivity index (χ0) is 11.8. The number of aliphatic carboxylic acids is 1. The van der Waals surface area contributed by atoms with Crippen LogP contribution in [0.3, 0.4) is 0 Å². The number of pyridine rings is 1. The topological polar surface area (TPSA) is 109 Å². The van der Waals surface area contributed by atoms with Crippen molar-refractivity contribution in [1.82, 2.24) is 4.98 Å². The molecule has 2 rings (SSSR count). The Morgan fingerprint density at radius 1 is 1.47 bits per heavy atom. The minimum atomic E-state index is -3.89. The van der Waals surface area contributed by atoms with Crippen molar-refractivity contribution in [2.45, 2.75) is 11.4 Å². The van der Waals surface area contributed by atoms with Crippen LogP contribution in [-0.4, -0.2) is 30.3 Å². The van der Waals surface area contributed by atoms with Gasteiger partial charge >= 0.3 is 45.5 Å². The molecule has 0 radical (unpaired) electrons. The Morgan fingerprint density at radius 2 is 2.18 bits per heavy atom. The molecule has 1 aliphatic heterocycles. The molecule has 1 aromatic heterocycles. The normalized spacial score (nSPS) is 15.9. The summed E-state index contributed by atoms with van der Waals surface area (Å²) in [6.07, 6.45) is 0.851. The second-order valence-electron chi connectivity index (χ2n) is 3.06. The van der Waals surface area contributed by atoms with Crippen LogP contribution in [0.2, 0.25) is 0 Å². The van der Waals surface area contributed by atoms with Gasteiger partial charge in [0.25, 0.3) is 0 Å². The molecule has 1 aromatic rings. The van der Waals surface area contributed by atoms with Gasteiger partial charge in [-0.2, -0.15) is 8.42 Å². The van der Waals surface area contributed by atoms with Crippen molar-refractivity contribution >= 4 is 27.5 Å². The van der Waals surface area contributed by atoms with Crippen LogP contribution < -0.4 is 34.9 Å². The first kappa shape index (κ1) is 14.1. The SMILES string of the molecule is O=C(O)CC1=NS(=O)(=O)c2ncccc2N1.[Na+]. The van der Waals surface area contributed by atoms with Crippen LogP contribution in [-0.2, 0) is 14.8 Å². The van der Waals surface area contributed by atoms with E-state index in [9.17, 15) is 13.2 Å². The van der Waals surface area contributed by atoms with E-state index in [-0.39, 0.29) is 46.1 Å². The van der Waals surface area contributed by atoms with Crippen molar-refractivity contribution < 1.29 is 47.9 Å². The van der Waals surface area contributed by atoms with Gasteiger partial charge in [-0.05, 0) is 12.1 Å². The summed E-state index contributed by atoms with van der Waals surface area (Å²) in [5.41, 5.74) is 0.244. The Bertz CT molecular complexity index is 584. The van der Waals surface area contributed by atoms with E-state index in [1.54, 1.807) is 6.07 Å². The fourth-order valence-electron chi connectivity index (χ4n) is 1.28. The van der Waals surface area contributed by atoms with Gasteiger partial charge in [-0.25, -0.2) is 4.98 Å². The number of aromatic nitrogens is 1. The van der Waals surface area contributed by atoms with Gasteiger partial charge in [-0.1, -0.05) is 0 Å². The number of nitrogens with zero attached hydrogens (tertiary/aromatic N) is 2. The van der Waals surface area contributed by atoms with Crippen molar-refractivity contribution in [2.75, 3.05) is 5.32 Å². The number of anilines is 1. The molecule has 0 bridgehead atoms. The van der Waals surface area contributed by atoms with Gasteiger partial charge in [0.2, 0.25) is 5.03 Å². The van der Waals surface area contributed by atoms with E-state index < -0.39 is 22.4 Å². The summed E-state index contributed by atoms with van der Waals surface area (Å²) in [6.45, 7) is 0. The van der Waals surface area contributed by atoms with E-state index in [1.807, 2.05) is 0 Å². The van der Waals surface area contributed by atoms with Gasteiger partial charge in [0.1, 0.15) is 12.3 Å². The molecule has 0 unspecified atom stereocenters. The number of carboxylic acid groups (broad SMARTS) is 1. The van der Waals surface area contributed by atoms with Gasteiger partial charge in [0.15, 0.2) is 0 Å². The van der Waals surface area contributed by atoms with Crippen LogP contribution in [0.1, 0.15) is 6.42 Å². The summed E-state index contributed by atoms with van der Waals surface area (Å²) in [5.74, 6) is -1.28. The average Bonchev–Trinajstić information content (AvgIpc) is 2.15. The second kappa shape index (κ2) is 5.13. The standard InChI is InChI=1S/C8H7N3O4S.Na/c12-7(13)4-6-10-5-2-1-3-9-8(5)16(14,15)11-6;/h1-3H,4H2,(H,10,11)(H,12,13);/q;+1. The summed E-state index contributed by atoms with van der Waals surface area (Å²) in [4.78, 5) is 14.1. The fourth-order valence-corrected chi connectivity index (χ4v) is 2.36. The Hall–Kier alpha value is -0.960. The average molecular weight is 264 g/mol. The number of rotatable bonds is 2. The Balaban J connectivity index is 0.00000144. The van der Waals surface area contributed by atoms with Crippen LogP contribution in [0.15, 0.2) is 27.8 Å². The summed E-state index contributed by atoms with van der Waals surface area (Å²) in [5, 5.41) is 11.0. The number of amidine groups is 1. The first-order chi connectivity index (χ1) is 7.49. The van der Waals surface area contributed by atoms with Crippen LogP contribution >= 0.6 is 0 Å². The number of fused-ring (bicyclic) bond motifs is 1. The Labute approximate surface area is 119 Å². The Morgan fingerprint density at radius 3 is 2.82 bits per heavy atom. The van der Waals surface area contributed by atoms with Crippen LogP contribution in [0.5, 0.6) is 0 Å². The zero-order valence-corrected chi connectivity index (χ0v) is 11.7. The number of hydrogen-bond donors (Lipinski definition) is 2. The number of carbonyl (C=O) groups is 1. The summed E-state index contributed by atoms with van der Waals surface area (Å²) in [7, 11) is -3.89. The predicted octanol–water partition coefficient (Wildman–Crippen LogP) is -2.93. The number of sulfonamides is 1. The van der Waals surface area contributed by atoms with E-state index in [4.69, 9.17) is 5.11 Å². The van der Waals surface area contributed by atoms with Gasteiger partial charge in [-0.15, -0.1) is 4.40 Å². The van der Waals surface area contributed by atoms with Crippen LogP contribution in [0.4, 0.5) is 5.69 Å². The maximum Gasteiger partial charge on any atom is 1.00 e. The van der Waals surface area contributed by atoms with E-state index >= 15 is 0 Å². The molecule has 1 aliphatic rings. The molecule has 17 heavy (non-hydrogen) atoms. The molecule has 9 heteroatoms. The molecule has 0 aliphatic carbocycles. The van der Waals surface area contributed by atoms with Crippen molar-refractivity contribution in [2.24, 2.45) is 4.40 Å². The maximum atomic E-state index is 11.6. The number of carboxylic acids is 1. The van der Waals surface area contributed by atoms with Crippen molar-refractivity contribution in [1.29, 1.82) is 0 Å². The third-order valence-electron chi connectivity index (χ3n) is 1.84. The van der Waals surface area contributed by atoms with Crippen molar-refractivity contribution in [3.63, 3.8) is 0 Å². The van der Waals surface area contributed by atoms with E-state index in [0.29, 0.717) is 0 Å². The third kappa shape index (κ3) is 3.03. The Kier molecular flexibility index (Phi) is 4.26.